The number of benzene rings is 1. The molecule has 186 valence electrons. The third-order valence-electron chi connectivity index (χ3n) is 4.37. The van der Waals surface area contributed by atoms with Gasteiger partial charge < -0.3 is 10.6 Å². The number of hydrogen-bond acceptors (Lipinski definition) is 7. The standard InChI is InChI=1S/C20H14ClF5N4O4S/c1-9(31)2-3-34-18-15(4-10(22)8-28-18)35-14-6-13(12(23)5-11(14)21)29-17(32)7-16(20(24,25)26)30(27)19(29)33/h4-8H,2-3,27H2,1H3. The van der Waals surface area contributed by atoms with Gasteiger partial charge in [-0.25, -0.2) is 27.8 Å². The van der Waals surface area contributed by atoms with Gasteiger partial charge >= 0.3 is 11.9 Å². The Morgan fingerprint density at radius 2 is 1.86 bits per heavy atom. The number of hydrogen-bond donors (Lipinski definition) is 1. The summed E-state index contributed by atoms with van der Waals surface area (Å²) in [6.45, 7) is 1.27. The van der Waals surface area contributed by atoms with Gasteiger partial charge in [0.05, 0.1) is 28.4 Å². The largest absolute Gasteiger partial charge is 0.476 e. The van der Waals surface area contributed by atoms with E-state index in [0.29, 0.717) is 17.8 Å². The second-order valence-electron chi connectivity index (χ2n) is 6.95. The van der Waals surface area contributed by atoms with E-state index in [-0.39, 0.29) is 54.8 Å². The quantitative estimate of drug-likeness (QED) is 0.363. The Morgan fingerprint density at radius 1 is 1.17 bits per heavy atom. The number of alkyl halides is 3. The normalized spacial score (nSPS) is 11.5. The van der Waals surface area contributed by atoms with Crippen molar-refractivity contribution in [2.45, 2.75) is 29.3 Å². The SMILES string of the molecule is CC(=O)CCOc1ncc(F)cc1Sc1cc(-n2c(=O)cc(C(F)(F)F)n(N)c2=O)c(F)cc1Cl. The Hall–Kier alpha value is -3.39. The predicted molar refractivity (Wildman–Crippen MR) is 116 cm³/mol. The van der Waals surface area contributed by atoms with Crippen LogP contribution in [0.3, 0.4) is 0 Å². The number of pyridine rings is 1. The fraction of sp³-hybridized carbons (Fsp3) is 0.200. The van der Waals surface area contributed by atoms with Crippen LogP contribution in [0.2, 0.25) is 5.02 Å². The summed E-state index contributed by atoms with van der Waals surface area (Å²) in [4.78, 5) is 39.7. The van der Waals surface area contributed by atoms with E-state index in [2.05, 4.69) is 4.98 Å². The molecule has 0 aliphatic rings. The average Bonchev–Trinajstić information content (AvgIpc) is 2.74. The lowest BCUT2D eigenvalue weighted by atomic mass is 10.3. The first-order chi connectivity index (χ1) is 16.3. The number of nitrogens with two attached hydrogens (primary N) is 1. The second kappa shape index (κ2) is 10.1. The highest BCUT2D eigenvalue weighted by Gasteiger charge is 2.36. The van der Waals surface area contributed by atoms with Crippen LogP contribution >= 0.6 is 23.4 Å². The van der Waals surface area contributed by atoms with E-state index in [1.165, 1.54) is 6.92 Å². The Labute approximate surface area is 202 Å². The van der Waals surface area contributed by atoms with Gasteiger partial charge in [-0.3, -0.25) is 9.59 Å². The molecule has 2 aromatic heterocycles. The molecule has 0 radical (unpaired) electrons. The van der Waals surface area contributed by atoms with Gasteiger partial charge in [-0.05, 0) is 25.1 Å². The van der Waals surface area contributed by atoms with Crippen LogP contribution in [0.15, 0.2) is 49.8 Å². The van der Waals surface area contributed by atoms with Crippen molar-refractivity contribution < 1.29 is 31.5 Å². The number of halogens is 6. The van der Waals surface area contributed by atoms with Gasteiger partial charge in [-0.1, -0.05) is 23.4 Å². The molecule has 0 atom stereocenters. The molecule has 0 bridgehead atoms. The van der Waals surface area contributed by atoms with Crippen LogP contribution in [0.4, 0.5) is 22.0 Å². The third kappa shape index (κ3) is 5.82. The van der Waals surface area contributed by atoms with Crippen LogP contribution in [0.25, 0.3) is 5.69 Å². The highest BCUT2D eigenvalue weighted by molar-refractivity contribution is 7.99. The number of nitrogen functional groups attached to an aromatic ring is 1. The summed E-state index contributed by atoms with van der Waals surface area (Å²) < 4.78 is 72.7. The molecule has 0 saturated heterocycles. The van der Waals surface area contributed by atoms with Crippen LogP contribution in [-0.2, 0) is 11.0 Å². The van der Waals surface area contributed by atoms with Crippen molar-refractivity contribution >= 4 is 29.1 Å². The number of aromatic nitrogens is 3. The molecule has 2 heterocycles. The molecule has 15 heteroatoms. The maximum absolute atomic E-state index is 14.7. The highest BCUT2D eigenvalue weighted by Crippen LogP contribution is 2.39. The lowest BCUT2D eigenvalue weighted by Gasteiger charge is -2.15. The Balaban J connectivity index is 2.09. The molecule has 0 aliphatic heterocycles. The van der Waals surface area contributed by atoms with Crippen molar-refractivity contribution in [3.63, 3.8) is 0 Å². The average molecular weight is 537 g/mol. The van der Waals surface area contributed by atoms with E-state index in [1.807, 2.05) is 0 Å². The van der Waals surface area contributed by atoms with Gasteiger partial charge in [-0.2, -0.15) is 13.2 Å². The first kappa shape index (κ1) is 26.2. The molecular formula is C20H14ClF5N4O4S. The van der Waals surface area contributed by atoms with Gasteiger partial charge in [-0.15, -0.1) is 0 Å². The fourth-order valence-electron chi connectivity index (χ4n) is 2.76. The van der Waals surface area contributed by atoms with E-state index in [0.717, 1.165) is 18.3 Å². The molecule has 0 saturated carbocycles. The lowest BCUT2D eigenvalue weighted by molar-refractivity contribution is -0.143. The third-order valence-corrected chi connectivity index (χ3v) is 5.86. The molecule has 0 fully saturated rings. The number of carbonyl (C=O) groups excluding carboxylic acids is 1. The molecule has 0 aliphatic carbocycles. The molecule has 3 rings (SSSR count). The molecule has 2 N–H and O–H groups in total. The van der Waals surface area contributed by atoms with Crippen LogP contribution < -0.4 is 21.8 Å². The van der Waals surface area contributed by atoms with Crippen molar-refractivity contribution in [1.29, 1.82) is 0 Å². The zero-order valence-corrected chi connectivity index (χ0v) is 19.1. The van der Waals surface area contributed by atoms with Crippen LogP contribution in [0.1, 0.15) is 19.0 Å². The molecule has 0 unspecified atom stereocenters. The summed E-state index contributed by atoms with van der Waals surface area (Å²) in [5.74, 6) is 2.96. The fourth-order valence-corrected chi connectivity index (χ4v) is 3.96. The number of nitrogens with zero attached hydrogens (tertiary/aromatic N) is 3. The number of Topliss-reactive ketones (excluding diaryl/α,β-unsaturated/α-hetero) is 1. The lowest BCUT2D eigenvalue weighted by Crippen LogP contribution is -2.45. The van der Waals surface area contributed by atoms with E-state index in [9.17, 15) is 36.3 Å². The van der Waals surface area contributed by atoms with Crippen LogP contribution in [0, 0.1) is 11.6 Å². The van der Waals surface area contributed by atoms with Crippen molar-refractivity contribution in [3.05, 3.63) is 73.7 Å². The molecule has 0 amide bonds. The summed E-state index contributed by atoms with van der Waals surface area (Å²) in [5.41, 5.74) is -5.64. The second-order valence-corrected chi connectivity index (χ2v) is 8.44. The summed E-state index contributed by atoms with van der Waals surface area (Å²) in [7, 11) is 0. The summed E-state index contributed by atoms with van der Waals surface area (Å²) >= 11 is 6.78. The van der Waals surface area contributed by atoms with E-state index in [1.54, 1.807) is 0 Å². The summed E-state index contributed by atoms with van der Waals surface area (Å²) in [6.07, 6.45) is -4.21. The van der Waals surface area contributed by atoms with E-state index < -0.39 is 40.4 Å². The zero-order chi connectivity index (χ0) is 26.1. The first-order valence-electron chi connectivity index (χ1n) is 9.46. The molecule has 3 aromatic rings. The monoisotopic (exact) mass is 536 g/mol. The van der Waals surface area contributed by atoms with E-state index >= 15 is 0 Å². The topological polar surface area (TPSA) is 109 Å². The Morgan fingerprint density at radius 3 is 2.49 bits per heavy atom. The van der Waals surface area contributed by atoms with Gasteiger partial charge in [0, 0.05) is 17.4 Å². The maximum atomic E-state index is 14.7. The maximum Gasteiger partial charge on any atom is 0.433 e. The van der Waals surface area contributed by atoms with Crippen molar-refractivity contribution in [1.82, 2.24) is 14.2 Å². The summed E-state index contributed by atoms with van der Waals surface area (Å²) in [5, 5.41) is -0.233. The van der Waals surface area contributed by atoms with Crippen LogP contribution in [0.5, 0.6) is 5.88 Å². The number of ketones is 1. The smallest absolute Gasteiger partial charge is 0.433 e. The molecule has 35 heavy (non-hydrogen) atoms. The van der Waals surface area contributed by atoms with Gasteiger partial charge in [0.15, 0.2) is 5.69 Å². The Bertz CT molecular complexity index is 1420. The minimum atomic E-state index is -5.12. The Kier molecular flexibility index (Phi) is 7.55. The van der Waals surface area contributed by atoms with Crippen molar-refractivity contribution in [2.24, 2.45) is 0 Å². The molecule has 0 spiro atoms. The summed E-state index contributed by atoms with van der Waals surface area (Å²) in [6, 6.07) is 2.67. The first-order valence-corrected chi connectivity index (χ1v) is 10.7. The van der Waals surface area contributed by atoms with Gasteiger partial charge in [0.25, 0.3) is 5.56 Å². The molecule has 1 aromatic carbocycles. The molecule has 8 nitrogen and oxygen atoms in total. The van der Waals surface area contributed by atoms with E-state index in [4.69, 9.17) is 22.2 Å². The van der Waals surface area contributed by atoms with Gasteiger partial charge in [0.1, 0.15) is 17.4 Å². The van der Waals surface area contributed by atoms with Crippen molar-refractivity contribution in [3.8, 4) is 11.6 Å². The highest BCUT2D eigenvalue weighted by atomic mass is 35.5. The predicted octanol–water partition coefficient (Wildman–Crippen LogP) is 3.57. The number of carbonyl (C=O) groups is 1. The van der Waals surface area contributed by atoms with Crippen LogP contribution in [-0.4, -0.2) is 26.6 Å². The minimum Gasteiger partial charge on any atom is -0.476 e. The number of rotatable bonds is 7. The van der Waals surface area contributed by atoms with Crippen molar-refractivity contribution in [2.75, 3.05) is 12.4 Å². The number of ether oxygens (including phenoxy) is 1. The molecular weight excluding hydrogens is 523 g/mol. The minimum absolute atomic E-state index is 0.0262. The van der Waals surface area contributed by atoms with Gasteiger partial charge in [0.2, 0.25) is 5.88 Å². The zero-order valence-electron chi connectivity index (χ0n) is 17.5.